The molecular formula is C11H13BrN4OS2. The van der Waals surface area contributed by atoms with Crippen molar-refractivity contribution in [2.24, 2.45) is 0 Å². The number of anilines is 2. The van der Waals surface area contributed by atoms with Crippen molar-refractivity contribution < 1.29 is 4.79 Å². The molecule has 0 atom stereocenters. The van der Waals surface area contributed by atoms with Gasteiger partial charge in [0.15, 0.2) is 5.82 Å². The first kappa shape index (κ1) is 14.3. The maximum absolute atomic E-state index is 11.7. The van der Waals surface area contributed by atoms with E-state index in [0.717, 1.165) is 16.8 Å². The normalized spacial score (nSPS) is 10.4. The SMILES string of the molecule is CNC(=O)c1c(N)nsc1NCCc1ccc(Br)s1. The van der Waals surface area contributed by atoms with Gasteiger partial charge in [0.05, 0.1) is 3.79 Å². The Kier molecular flexibility index (Phi) is 4.78. The summed E-state index contributed by atoms with van der Waals surface area (Å²) in [7, 11) is 1.58. The van der Waals surface area contributed by atoms with Crippen molar-refractivity contribution in [3.63, 3.8) is 0 Å². The lowest BCUT2D eigenvalue weighted by Crippen LogP contribution is -2.20. The topological polar surface area (TPSA) is 80.0 Å². The number of carbonyl (C=O) groups is 1. The second-order valence-corrected chi connectivity index (χ2v) is 7.05. The maximum atomic E-state index is 11.7. The fourth-order valence-corrected chi connectivity index (χ4v) is 3.77. The quantitative estimate of drug-likeness (QED) is 0.765. The van der Waals surface area contributed by atoms with Gasteiger partial charge >= 0.3 is 0 Å². The van der Waals surface area contributed by atoms with E-state index < -0.39 is 0 Å². The third kappa shape index (κ3) is 3.46. The summed E-state index contributed by atoms with van der Waals surface area (Å²) in [4.78, 5) is 13.0. The minimum Gasteiger partial charge on any atom is -0.382 e. The van der Waals surface area contributed by atoms with Crippen molar-refractivity contribution in [3.05, 3.63) is 26.4 Å². The number of rotatable bonds is 5. The largest absolute Gasteiger partial charge is 0.382 e. The first-order valence-corrected chi connectivity index (χ1v) is 7.95. The van der Waals surface area contributed by atoms with Crippen molar-refractivity contribution >= 4 is 55.5 Å². The standard InChI is InChI=1S/C11H13BrN4OS2/c1-14-10(17)8-9(13)16-19-11(8)15-5-4-6-2-3-7(12)18-6/h2-3,15H,4-5H2,1H3,(H2,13,16)(H,14,17). The van der Waals surface area contributed by atoms with Gasteiger partial charge in [-0.05, 0) is 46.0 Å². The van der Waals surface area contributed by atoms with Gasteiger partial charge < -0.3 is 16.4 Å². The second kappa shape index (κ2) is 6.36. The number of hydrogen-bond donors (Lipinski definition) is 3. The van der Waals surface area contributed by atoms with Gasteiger partial charge in [-0.15, -0.1) is 11.3 Å². The minimum absolute atomic E-state index is 0.215. The summed E-state index contributed by atoms with van der Waals surface area (Å²) in [5.41, 5.74) is 6.13. The van der Waals surface area contributed by atoms with Crippen LogP contribution in [0.2, 0.25) is 0 Å². The van der Waals surface area contributed by atoms with E-state index in [1.807, 2.05) is 6.07 Å². The summed E-state index contributed by atoms with van der Waals surface area (Å²) >= 11 is 6.34. The zero-order valence-corrected chi connectivity index (χ0v) is 13.4. The average Bonchev–Trinajstić information content (AvgIpc) is 2.96. The number of halogens is 1. The summed E-state index contributed by atoms with van der Waals surface area (Å²) in [5, 5.41) is 6.49. The molecule has 0 fully saturated rings. The summed E-state index contributed by atoms with van der Waals surface area (Å²) in [6, 6.07) is 4.11. The van der Waals surface area contributed by atoms with Crippen molar-refractivity contribution in [1.29, 1.82) is 0 Å². The lowest BCUT2D eigenvalue weighted by Gasteiger charge is -2.05. The number of nitrogens with zero attached hydrogens (tertiary/aromatic N) is 1. The van der Waals surface area contributed by atoms with Gasteiger partial charge in [0, 0.05) is 18.5 Å². The molecule has 102 valence electrons. The molecule has 2 heterocycles. The summed E-state index contributed by atoms with van der Waals surface area (Å²) in [5.74, 6) is 0.0540. The highest BCUT2D eigenvalue weighted by atomic mass is 79.9. The monoisotopic (exact) mass is 360 g/mol. The molecule has 2 aromatic rings. The molecule has 4 N–H and O–H groups in total. The van der Waals surface area contributed by atoms with Gasteiger partial charge in [-0.25, -0.2) is 0 Å². The van der Waals surface area contributed by atoms with E-state index >= 15 is 0 Å². The lowest BCUT2D eigenvalue weighted by molar-refractivity contribution is 0.0965. The smallest absolute Gasteiger partial charge is 0.257 e. The summed E-state index contributed by atoms with van der Waals surface area (Å²) in [6.07, 6.45) is 0.890. The zero-order valence-electron chi connectivity index (χ0n) is 10.2. The third-order valence-electron chi connectivity index (χ3n) is 2.46. The van der Waals surface area contributed by atoms with E-state index in [1.54, 1.807) is 18.4 Å². The van der Waals surface area contributed by atoms with Crippen LogP contribution in [-0.2, 0) is 6.42 Å². The molecule has 19 heavy (non-hydrogen) atoms. The third-order valence-corrected chi connectivity index (χ3v) is 4.96. The fourth-order valence-electron chi connectivity index (χ4n) is 1.55. The van der Waals surface area contributed by atoms with Crippen LogP contribution in [0.1, 0.15) is 15.2 Å². The molecule has 0 aromatic carbocycles. The number of thiophene rings is 1. The van der Waals surface area contributed by atoms with E-state index in [-0.39, 0.29) is 11.7 Å². The molecule has 0 unspecified atom stereocenters. The number of aromatic nitrogens is 1. The van der Waals surface area contributed by atoms with Gasteiger partial charge in [0.1, 0.15) is 10.6 Å². The number of carbonyl (C=O) groups excluding carboxylic acids is 1. The van der Waals surface area contributed by atoms with E-state index in [1.165, 1.54) is 16.4 Å². The Morgan fingerprint density at radius 1 is 1.53 bits per heavy atom. The van der Waals surface area contributed by atoms with Crippen LogP contribution in [0.5, 0.6) is 0 Å². The Hall–Kier alpha value is -1.12. The van der Waals surface area contributed by atoms with Crippen molar-refractivity contribution in [1.82, 2.24) is 9.69 Å². The number of nitrogen functional groups attached to an aromatic ring is 1. The molecule has 0 spiro atoms. The molecule has 0 bridgehead atoms. The first-order valence-electron chi connectivity index (χ1n) is 5.57. The Labute approximate surface area is 127 Å². The highest BCUT2D eigenvalue weighted by Crippen LogP contribution is 2.27. The molecule has 0 aliphatic carbocycles. The average molecular weight is 361 g/mol. The van der Waals surface area contributed by atoms with Crippen molar-refractivity contribution in [3.8, 4) is 0 Å². The highest BCUT2D eigenvalue weighted by Gasteiger charge is 2.17. The van der Waals surface area contributed by atoms with Crippen LogP contribution < -0.4 is 16.4 Å². The summed E-state index contributed by atoms with van der Waals surface area (Å²) < 4.78 is 5.13. The Morgan fingerprint density at radius 2 is 2.32 bits per heavy atom. The molecule has 1 amide bonds. The Bertz CT molecular complexity index is 581. The first-order chi connectivity index (χ1) is 9.11. The van der Waals surface area contributed by atoms with Crippen LogP contribution in [0.3, 0.4) is 0 Å². The molecule has 2 rings (SSSR count). The lowest BCUT2D eigenvalue weighted by atomic mass is 10.3. The Balaban J connectivity index is 1.98. The molecule has 0 aliphatic rings. The molecule has 8 heteroatoms. The molecule has 5 nitrogen and oxygen atoms in total. The van der Waals surface area contributed by atoms with Gasteiger partial charge in [0.2, 0.25) is 0 Å². The molecule has 0 saturated carbocycles. The zero-order chi connectivity index (χ0) is 13.8. The predicted octanol–water partition coefficient (Wildman–Crippen LogP) is 2.56. The van der Waals surface area contributed by atoms with Gasteiger partial charge in [-0.1, -0.05) is 0 Å². The molecule has 0 radical (unpaired) electrons. The predicted molar refractivity (Wildman–Crippen MR) is 84.1 cm³/mol. The molecule has 2 aromatic heterocycles. The highest BCUT2D eigenvalue weighted by molar-refractivity contribution is 9.11. The van der Waals surface area contributed by atoms with Crippen LogP contribution in [-0.4, -0.2) is 23.9 Å². The number of nitrogens with two attached hydrogens (primary N) is 1. The molecule has 0 saturated heterocycles. The van der Waals surface area contributed by atoms with Gasteiger partial charge in [-0.2, -0.15) is 4.37 Å². The van der Waals surface area contributed by atoms with Crippen LogP contribution in [0.15, 0.2) is 15.9 Å². The number of hydrogen-bond acceptors (Lipinski definition) is 6. The molecule has 0 aliphatic heterocycles. The van der Waals surface area contributed by atoms with Crippen LogP contribution in [0.25, 0.3) is 0 Å². The molecular weight excluding hydrogens is 348 g/mol. The Morgan fingerprint density at radius 3 is 2.95 bits per heavy atom. The minimum atomic E-state index is -0.215. The number of amides is 1. The van der Waals surface area contributed by atoms with E-state index in [4.69, 9.17) is 5.73 Å². The van der Waals surface area contributed by atoms with E-state index in [9.17, 15) is 4.79 Å². The van der Waals surface area contributed by atoms with E-state index in [2.05, 4.69) is 37.0 Å². The van der Waals surface area contributed by atoms with Crippen LogP contribution in [0, 0.1) is 0 Å². The van der Waals surface area contributed by atoms with Crippen molar-refractivity contribution in [2.75, 3.05) is 24.6 Å². The van der Waals surface area contributed by atoms with Gasteiger partial charge in [-0.3, -0.25) is 4.79 Å². The fraction of sp³-hybridized carbons (Fsp3) is 0.273. The van der Waals surface area contributed by atoms with Crippen LogP contribution >= 0.6 is 38.8 Å². The summed E-state index contributed by atoms with van der Waals surface area (Å²) in [6.45, 7) is 0.735. The van der Waals surface area contributed by atoms with Crippen LogP contribution in [0.4, 0.5) is 10.8 Å². The van der Waals surface area contributed by atoms with Crippen molar-refractivity contribution in [2.45, 2.75) is 6.42 Å². The van der Waals surface area contributed by atoms with E-state index in [0.29, 0.717) is 10.6 Å². The number of nitrogens with one attached hydrogen (secondary N) is 2. The second-order valence-electron chi connectivity index (χ2n) is 3.73. The van der Waals surface area contributed by atoms with Gasteiger partial charge in [0.25, 0.3) is 5.91 Å². The maximum Gasteiger partial charge on any atom is 0.257 e.